The fourth-order valence-electron chi connectivity index (χ4n) is 2.81. The van der Waals surface area contributed by atoms with Gasteiger partial charge in [-0.3, -0.25) is 4.79 Å². The minimum atomic E-state index is 0.0754. The van der Waals surface area contributed by atoms with Crippen molar-refractivity contribution >= 4 is 5.91 Å². The quantitative estimate of drug-likeness (QED) is 0.855. The van der Waals surface area contributed by atoms with Crippen molar-refractivity contribution in [1.29, 1.82) is 0 Å². The van der Waals surface area contributed by atoms with Crippen molar-refractivity contribution in [1.82, 2.24) is 15.0 Å². The predicted octanol–water partition coefficient (Wildman–Crippen LogP) is 3.00. The number of carbonyl (C=O) groups is 1. The van der Waals surface area contributed by atoms with E-state index in [9.17, 15) is 4.79 Å². The Morgan fingerprint density at radius 3 is 2.59 bits per heavy atom. The van der Waals surface area contributed by atoms with E-state index >= 15 is 0 Å². The Hall–Kier alpha value is -2.17. The van der Waals surface area contributed by atoms with Crippen LogP contribution in [0.4, 0.5) is 0 Å². The van der Waals surface area contributed by atoms with E-state index in [0.717, 1.165) is 18.5 Å². The highest BCUT2D eigenvalue weighted by molar-refractivity contribution is 5.94. The van der Waals surface area contributed by atoms with Crippen LogP contribution in [-0.4, -0.2) is 34.0 Å². The van der Waals surface area contributed by atoms with Gasteiger partial charge in [-0.2, -0.15) is 4.98 Å². The van der Waals surface area contributed by atoms with Gasteiger partial charge < -0.3 is 9.42 Å². The Bertz CT molecular complexity index is 642. The van der Waals surface area contributed by atoms with E-state index < -0.39 is 0 Å². The molecule has 0 N–H and O–H groups in total. The topological polar surface area (TPSA) is 59.2 Å². The van der Waals surface area contributed by atoms with Crippen LogP contribution in [-0.2, 0) is 5.41 Å². The summed E-state index contributed by atoms with van der Waals surface area (Å²) in [5.41, 5.74) is 2.07. The van der Waals surface area contributed by atoms with Crippen molar-refractivity contribution in [2.45, 2.75) is 38.5 Å². The lowest BCUT2D eigenvalue weighted by molar-refractivity contribution is 0.0790. The Labute approximate surface area is 130 Å². The third kappa shape index (κ3) is 2.89. The molecule has 1 amide bonds. The molecule has 0 radical (unpaired) electrons. The Morgan fingerprint density at radius 1 is 1.27 bits per heavy atom. The lowest BCUT2D eigenvalue weighted by atomic mass is 9.86. The molecule has 5 heteroatoms. The first-order valence-corrected chi connectivity index (χ1v) is 7.61. The molecule has 2 heterocycles. The molecule has 116 valence electrons. The molecule has 0 spiro atoms. The van der Waals surface area contributed by atoms with E-state index in [-0.39, 0.29) is 17.2 Å². The molecule has 1 fully saturated rings. The molecule has 0 saturated carbocycles. The van der Waals surface area contributed by atoms with Crippen LogP contribution in [0.15, 0.2) is 35.2 Å². The number of carbonyl (C=O) groups excluding carboxylic acids is 1. The first-order valence-electron chi connectivity index (χ1n) is 7.61. The zero-order chi connectivity index (χ0) is 15.7. The van der Waals surface area contributed by atoms with Crippen LogP contribution in [0.1, 0.15) is 54.9 Å². The second kappa shape index (κ2) is 5.55. The van der Waals surface area contributed by atoms with E-state index in [1.165, 1.54) is 12.0 Å². The fraction of sp³-hybridized carbons (Fsp3) is 0.471. The molecular weight excluding hydrogens is 278 g/mol. The van der Waals surface area contributed by atoms with Crippen LogP contribution in [0.5, 0.6) is 0 Å². The van der Waals surface area contributed by atoms with Crippen molar-refractivity contribution in [2.75, 3.05) is 13.1 Å². The molecular formula is C17H21N3O2. The normalized spacial score (nSPS) is 18.7. The van der Waals surface area contributed by atoms with Gasteiger partial charge in [0.05, 0.1) is 0 Å². The minimum absolute atomic E-state index is 0.0754. The van der Waals surface area contributed by atoms with E-state index in [0.29, 0.717) is 12.4 Å². The van der Waals surface area contributed by atoms with Crippen molar-refractivity contribution < 1.29 is 9.32 Å². The van der Waals surface area contributed by atoms with Crippen LogP contribution < -0.4 is 0 Å². The lowest BCUT2D eigenvalue weighted by Crippen LogP contribution is -2.28. The number of amides is 1. The van der Waals surface area contributed by atoms with Crippen LogP contribution in [0.3, 0.4) is 0 Å². The minimum Gasteiger partial charge on any atom is -0.343 e. The third-order valence-corrected chi connectivity index (χ3v) is 4.22. The van der Waals surface area contributed by atoms with Crippen LogP contribution in [0, 0.1) is 0 Å². The van der Waals surface area contributed by atoms with E-state index in [4.69, 9.17) is 4.52 Å². The summed E-state index contributed by atoms with van der Waals surface area (Å²) >= 11 is 0. The standard InChI is InChI=1S/C17H21N3O2/c1-17(2,3)14-6-4-12(5-7-14)16(21)20-9-8-13(10-20)15-18-11-22-19-15/h4-7,11,13H,8-10H2,1-3H3. The summed E-state index contributed by atoms with van der Waals surface area (Å²) in [6.45, 7) is 7.89. The zero-order valence-corrected chi connectivity index (χ0v) is 13.2. The van der Waals surface area contributed by atoms with Gasteiger partial charge in [0.25, 0.3) is 5.91 Å². The van der Waals surface area contributed by atoms with Crippen molar-refractivity contribution in [3.63, 3.8) is 0 Å². The monoisotopic (exact) mass is 299 g/mol. The molecule has 1 saturated heterocycles. The van der Waals surface area contributed by atoms with Crippen molar-refractivity contribution in [2.24, 2.45) is 0 Å². The Morgan fingerprint density at radius 2 is 2.00 bits per heavy atom. The first kappa shape index (κ1) is 14.8. The highest BCUT2D eigenvalue weighted by Crippen LogP contribution is 2.27. The average molecular weight is 299 g/mol. The van der Waals surface area contributed by atoms with Crippen LogP contribution in [0.25, 0.3) is 0 Å². The summed E-state index contributed by atoms with van der Waals surface area (Å²) in [4.78, 5) is 18.5. The predicted molar refractivity (Wildman–Crippen MR) is 82.7 cm³/mol. The molecule has 5 nitrogen and oxygen atoms in total. The molecule has 1 atom stereocenters. The third-order valence-electron chi connectivity index (χ3n) is 4.22. The van der Waals surface area contributed by atoms with Gasteiger partial charge in [0.2, 0.25) is 6.39 Å². The SMILES string of the molecule is CC(C)(C)c1ccc(C(=O)N2CCC(c3ncon3)C2)cc1. The highest BCUT2D eigenvalue weighted by atomic mass is 16.5. The summed E-state index contributed by atoms with van der Waals surface area (Å²) in [6, 6.07) is 7.93. The highest BCUT2D eigenvalue weighted by Gasteiger charge is 2.30. The fourth-order valence-corrected chi connectivity index (χ4v) is 2.81. The number of hydrogen-bond donors (Lipinski definition) is 0. The van der Waals surface area contributed by atoms with Gasteiger partial charge >= 0.3 is 0 Å². The smallest absolute Gasteiger partial charge is 0.253 e. The number of rotatable bonds is 2. The molecule has 2 aromatic rings. The second-order valence-corrected chi connectivity index (χ2v) is 6.85. The molecule has 1 unspecified atom stereocenters. The average Bonchev–Trinajstić information content (AvgIpc) is 3.16. The van der Waals surface area contributed by atoms with E-state index in [1.54, 1.807) is 0 Å². The lowest BCUT2D eigenvalue weighted by Gasteiger charge is -2.20. The maximum Gasteiger partial charge on any atom is 0.253 e. The van der Waals surface area contributed by atoms with Crippen molar-refractivity contribution in [3.8, 4) is 0 Å². The van der Waals surface area contributed by atoms with E-state index in [2.05, 4.69) is 30.9 Å². The maximum absolute atomic E-state index is 12.6. The van der Waals surface area contributed by atoms with Gasteiger partial charge in [-0.1, -0.05) is 38.1 Å². The zero-order valence-electron chi connectivity index (χ0n) is 13.2. The number of nitrogens with zero attached hydrogens (tertiary/aromatic N) is 3. The molecule has 1 aliphatic rings. The molecule has 3 rings (SSSR count). The number of benzene rings is 1. The van der Waals surface area contributed by atoms with E-state index in [1.807, 2.05) is 29.2 Å². The second-order valence-electron chi connectivity index (χ2n) is 6.85. The largest absolute Gasteiger partial charge is 0.343 e. The molecule has 1 aromatic carbocycles. The summed E-state index contributed by atoms with van der Waals surface area (Å²) in [7, 11) is 0. The van der Waals surface area contributed by atoms with Gasteiger partial charge in [0.1, 0.15) is 0 Å². The van der Waals surface area contributed by atoms with Gasteiger partial charge in [-0.25, -0.2) is 0 Å². The number of hydrogen-bond acceptors (Lipinski definition) is 4. The Balaban J connectivity index is 1.70. The molecule has 0 bridgehead atoms. The van der Waals surface area contributed by atoms with Crippen LogP contribution in [0.2, 0.25) is 0 Å². The van der Waals surface area contributed by atoms with Gasteiger partial charge in [0.15, 0.2) is 5.82 Å². The van der Waals surface area contributed by atoms with Crippen molar-refractivity contribution in [3.05, 3.63) is 47.6 Å². The maximum atomic E-state index is 12.6. The summed E-state index contributed by atoms with van der Waals surface area (Å²) in [5.74, 6) is 0.946. The number of aromatic nitrogens is 2. The molecule has 22 heavy (non-hydrogen) atoms. The summed E-state index contributed by atoms with van der Waals surface area (Å²) < 4.78 is 4.79. The summed E-state index contributed by atoms with van der Waals surface area (Å²) in [5, 5.41) is 3.88. The molecule has 1 aliphatic heterocycles. The summed E-state index contributed by atoms with van der Waals surface area (Å²) in [6.07, 6.45) is 2.22. The first-order chi connectivity index (χ1) is 10.4. The number of likely N-dealkylation sites (tertiary alicyclic amines) is 1. The molecule has 1 aromatic heterocycles. The molecule has 0 aliphatic carbocycles. The Kier molecular flexibility index (Phi) is 3.72. The van der Waals surface area contributed by atoms with Gasteiger partial charge in [-0.05, 0) is 29.5 Å². The van der Waals surface area contributed by atoms with Crippen LogP contribution >= 0.6 is 0 Å². The van der Waals surface area contributed by atoms with Gasteiger partial charge in [-0.15, -0.1) is 0 Å². The van der Waals surface area contributed by atoms with Gasteiger partial charge in [0, 0.05) is 24.6 Å².